The number of hydrogen-bond acceptors (Lipinski definition) is 3. The van der Waals surface area contributed by atoms with Crippen molar-refractivity contribution in [2.75, 3.05) is 20.1 Å². The predicted octanol–water partition coefficient (Wildman–Crippen LogP) is 2.70. The van der Waals surface area contributed by atoms with Crippen LogP contribution >= 0.6 is 0 Å². The van der Waals surface area contributed by atoms with Crippen molar-refractivity contribution < 1.29 is 9.53 Å². The summed E-state index contributed by atoms with van der Waals surface area (Å²) in [6.45, 7) is 2.39. The van der Waals surface area contributed by atoms with Gasteiger partial charge in [0.05, 0.1) is 0 Å². The quantitative estimate of drug-likeness (QED) is 0.923. The molecule has 1 atom stereocenters. The lowest BCUT2D eigenvalue weighted by Gasteiger charge is -2.23. The van der Waals surface area contributed by atoms with Crippen LogP contribution in [0.5, 0.6) is 5.75 Å². The minimum absolute atomic E-state index is 0.0632. The molecular formula is C19H22N2O2. The topological polar surface area (TPSA) is 41.6 Å². The highest BCUT2D eigenvalue weighted by atomic mass is 16.5. The summed E-state index contributed by atoms with van der Waals surface area (Å²) in [6.07, 6.45) is 1.01. The van der Waals surface area contributed by atoms with E-state index >= 15 is 0 Å². The van der Waals surface area contributed by atoms with Crippen LogP contribution in [0, 0.1) is 0 Å². The van der Waals surface area contributed by atoms with E-state index in [-0.39, 0.29) is 11.9 Å². The number of carbonyl (C=O) groups excluding carboxylic acids is 1. The van der Waals surface area contributed by atoms with Crippen LogP contribution in [0.3, 0.4) is 0 Å². The van der Waals surface area contributed by atoms with Crippen molar-refractivity contribution >= 4 is 5.91 Å². The molecule has 1 saturated heterocycles. The summed E-state index contributed by atoms with van der Waals surface area (Å²) in [6, 6.07) is 17.7. The largest absolute Gasteiger partial charge is 0.489 e. The number of benzene rings is 2. The second-order valence-corrected chi connectivity index (χ2v) is 5.86. The van der Waals surface area contributed by atoms with Crippen LogP contribution in [0.15, 0.2) is 54.6 Å². The highest BCUT2D eigenvalue weighted by Gasteiger charge is 2.23. The lowest BCUT2D eigenvalue weighted by molar-refractivity contribution is 0.0743. The van der Waals surface area contributed by atoms with E-state index in [9.17, 15) is 4.79 Å². The third-order valence-electron chi connectivity index (χ3n) is 4.25. The van der Waals surface area contributed by atoms with Gasteiger partial charge in [-0.05, 0) is 42.8 Å². The van der Waals surface area contributed by atoms with Crippen molar-refractivity contribution in [3.05, 3.63) is 65.7 Å². The maximum atomic E-state index is 12.5. The molecule has 0 saturated carbocycles. The molecule has 2 aromatic carbocycles. The molecule has 0 unspecified atom stereocenters. The Morgan fingerprint density at radius 1 is 1.17 bits per heavy atom. The van der Waals surface area contributed by atoms with Gasteiger partial charge >= 0.3 is 0 Å². The Hall–Kier alpha value is -2.33. The molecule has 1 heterocycles. The Balaban J connectivity index is 1.59. The summed E-state index contributed by atoms with van der Waals surface area (Å²) in [4.78, 5) is 14.3. The van der Waals surface area contributed by atoms with E-state index in [1.54, 1.807) is 0 Å². The highest BCUT2D eigenvalue weighted by molar-refractivity contribution is 5.94. The van der Waals surface area contributed by atoms with Gasteiger partial charge in [0.15, 0.2) is 0 Å². The molecule has 0 bridgehead atoms. The first kappa shape index (κ1) is 15.6. The molecule has 3 rings (SSSR count). The van der Waals surface area contributed by atoms with Gasteiger partial charge in [-0.25, -0.2) is 0 Å². The molecule has 0 aliphatic carbocycles. The van der Waals surface area contributed by atoms with Gasteiger partial charge in [0.1, 0.15) is 12.4 Å². The van der Waals surface area contributed by atoms with Crippen molar-refractivity contribution in [2.45, 2.75) is 19.1 Å². The van der Waals surface area contributed by atoms with Crippen molar-refractivity contribution in [1.29, 1.82) is 0 Å². The predicted molar refractivity (Wildman–Crippen MR) is 90.6 cm³/mol. The number of nitrogens with zero attached hydrogens (tertiary/aromatic N) is 1. The molecule has 4 heteroatoms. The fourth-order valence-corrected chi connectivity index (χ4v) is 2.77. The zero-order valence-electron chi connectivity index (χ0n) is 13.4. The van der Waals surface area contributed by atoms with Crippen LogP contribution in [0.1, 0.15) is 22.3 Å². The summed E-state index contributed by atoms with van der Waals surface area (Å²) in [5, 5.41) is 3.29. The Labute approximate surface area is 137 Å². The zero-order valence-corrected chi connectivity index (χ0v) is 13.4. The fourth-order valence-electron chi connectivity index (χ4n) is 2.77. The number of rotatable bonds is 5. The third kappa shape index (κ3) is 3.90. The summed E-state index contributed by atoms with van der Waals surface area (Å²) < 4.78 is 5.75. The Morgan fingerprint density at radius 3 is 2.57 bits per heavy atom. The second kappa shape index (κ2) is 7.29. The monoisotopic (exact) mass is 310 g/mol. The molecule has 4 nitrogen and oxygen atoms in total. The SMILES string of the molecule is CN(C(=O)c1ccc(OCc2ccccc2)cc1)[C@@H]1CCNC1. The number of likely N-dealkylation sites (N-methyl/N-ethyl adjacent to an activating group) is 1. The Kier molecular flexibility index (Phi) is 4.93. The number of amides is 1. The number of carbonyl (C=O) groups is 1. The summed E-state index contributed by atoms with van der Waals surface area (Å²) in [7, 11) is 1.87. The molecule has 0 radical (unpaired) electrons. The molecule has 1 fully saturated rings. The van der Waals surface area contributed by atoms with Crippen LogP contribution in [-0.4, -0.2) is 37.0 Å². The van der Waals surface area contributed by atoms with Crippen molar-refractivity contribution in [3.63, 3.8) is 0 Å². The van der Waals surface area contributed by atoms with Crippen LogP contribution in [0.2, 0.25) is 0 Å². The summed E-state index contributed by atoms with van der Waals surface area (Å²) in [5.74, 6) is 0.837. The van der Waals surface area contributed by atoms with E-state index < -0.39 is 0 Å². The number of ether oxygens (including phenoxy) is 1. The first-order chi connectivity index (χ1) is 11.2. The van der Waals surface area contributed by atoms with Crippen molar-refractivity contribution in [1.82, 2.24) is 10.2 Å². The van der Waals surface area contributed by atoms with E-state index in [0.29, 0.717) is 12.2 Å². The molecule has 2 aromatic rings. The average molecular weight is 310 g/mol. The maximum Gasteiger partial charge on any atom is 0.253 e. The van der Waals surface area contributed by atoms with Gasteiger partial charge in [-0.15, -0.1) is 0 Å². The van der Waals surface area contributed by atoms with Gasteiger partial charge in [-0.1, -0.05) is 30.3 Å². The van der Waals surface area contributed by atoms with Gasteiger partial charge in [0.25, 0.3) is 5.91 Å². The summed E-state index contributed by atoms with van der Waals surface area (Å²) >= 11 is 0. The molecule has 120 valence electrons. The van der Waals surface area contributed by atoms with Crippen molar-refractivity contribution in [3.8, 4) is 5.75 Å². The average Bonchev–Trinajstić information content (AvgIpc) is 3.15. The Morgan fingerprint density at radius 2 is 1.91 bits per heavy atom. The van der Waals surface area contributed by atoms with Gasteiger partial charge in [-0.3, -0.25) is 4.79 Å². The first-order valence-electron chi connectivity index (χ1n) is 7.99. The van der Waals surface area contributed by atoms with Crippen LogP contribution < -0.4 is 10.1 Å². The minimum atomic E-state index is 0.0632. The van der Waals surface area contributed by atoms with Crippen LogP contribution in [0.4, 0.5) is 0 Å². The van der Waals surface area contributed by atoms with Gasteiger partial charge in [0, 0.05) is 25.2 Å². The molecule has 1 aliphatic rings. The third-order valence-corrected chi connectivity index (χ3v) is 4.25. The van der Waals surface area contributed by atoms with Gasteiger partial charge in [-0.2, -0.15) is 0 Å². The molecule has 1 amide bonds. The number of hydrogen-bond donors (Lipinski definition) is 1. The Bertz CT molecular complexity index is 634. The van der Waals surface area contributed by atoms with E-state index in [1.165, 1.54) is 0 Å². The standard InChI is InChI=1S/C19H22N2O2/c1-21(17-11-12-20-13-17)19(22)16-7-9-18(10-8-16)23-14-15-5-3-2-4-6-15/h2-10,17,20H,11-14H2,1H3/t17-/m1/s1. The van der Waals surface area contributed by atoms with E-state index in [1.807, 2.05) is 66.5 Å². The van der Waals surface area contributed by atoms with E-state index in [2.05, 4.69) is 5.32 Å². The fraction of sp³-hybridized carbons (Fsp3) is 0.316. The van der Waals surface area contributed by atoms with Gasteiger partial charge in [0.2, 0.25) is 0 Å². The minimum Gasteiger partial charge on any atom is -0.489 e. The maximum absolute atomic E-state index is 12.5. The smallest absolute Gasteiger partial charge is 0.253 e. The number of nitrogens with one attached hydrogen (secondary N) is 1. The molecule has 0 spiro atoms. The van der Waals surface area contributed by atoms with E-state index in [4.69, 9.17) is 4.74 Å². The second-order valence-electron chi connectivity index (χ2n) is 5.86. The molecular weight excluding hydrogens is 288 g/mol. The van der Waals surface area contributed by atoms with Crippen LogP contribution in [-0.2, 0) is 6.61 Å². The lowest BCUT2D eigenvalue weighted by atomic mass is 10.1. The summed E-state index contributed by atoms with van der Waals surface area (Å²) in [5.41, 5.74) is 1.83. The molecule has 23 heavy (non-hydrogen) atoms. The first-order valence-corrected chi connectivity index (χ1v) is 7.99. The van der Waals surface area contributed by atoms with Crippen LogP contribution in [0.25, 0.3) is 0 Å². The lowest BCUT2D eigenvalue weighted by Crippen LogP contribution is -2.38. The van der Waals surface area contributed by atoms with E-state index in [0.717, 1.165) is 30.8 Å². The molecule has 1 N–H and O–H groups in total. The molecule has 0 aromatic heterocycles. The van der Waals surface area contributed by atoms with Crippen molar-refractivity contribution in [2.24, 2.45) is 0 Å². The zero-order chi connectivity index (χ0) is 16.1. The van der Waals surface area contributed by atoms with Gasteiger partial charge < -0.3 is 15.0 Å². The molecule has 1 aliphatic heterocycles. The normalized spacial score (nSPS) is 17.0. The highest BCUT2D eigenvalue weighted by Crippen LogP contribution is 2.17.